The van der Waals surface area contributed by atoms with Gasteiger partial charge in [0.15, 0.2) is 11.5 Å². The van der Waals surface area contributed by atoms with E-state index in [4.69, 9.17) is 14.2 Å². The van der Waals surface area contributed by atoms with Crippen molar-refractivity contribution in [3.63, 3.8) is 0 Å². The van der Waals surface area contributed by atoms with Gasteiger partial charge in [0.1, 0.15) is 0 Å². The van der Waals surface area contributed by atoms with Crippen LogP contribution in [0.3, 0.4) is 0 Å². The molecule has 28 heavy (non-hydrogen) atoms. The zero-order chi connectivity index (χ0) is 20.3. The zero-order valence-electron chi connectivity index (χ0n) is 15.9. The van der Waals surface area contributed by atoms with E-state index in [1.165, 1.54) is 25.6 Å². The first kappa shape index (κ1) is 19.9. The number of carbonyl (C=O) groups excluding carboxylic acids is 3. The Bertz CT molecular complexity index is 875. The second-order valence-corrected chi connectivity index (χ2v) is 6.98. The Morgan fingerprint density at radius 3 is 2.36 bits per heavy atom. The average Bonchev–Trinajstić information content (AvgIpc) is 3.28. The first-order valence-electron chi connectivity index (χ1n) is 8.83. The molecule has 0 bridgehead atoms. The minimum Gasteiger partial charge on any atom is -0.493 e. The first-order chi connectivity index (χ1) is 13.5. The number of hydrogen-bond acceptors (Lipinski definition) is 7. The van der Waals surface area contributed by atoms with Crippen LogP contribution in [0, 0.1) is 0 Å². The molecule has 8 heteroatoms. The number of nitrogens with zero attached hydrogens (tertiary/aromatic N) is 1. The number of hydrogen-bond donors (Lipinski definition) is 0. The largest absolute Gasteiger partial charge is 0.493 e. The standard InChI is InChI=1S/C20H21NO6S/c1-4-7-27-17-8-12(5-6-16(17)25-2)15(9-18(22)26-3)21-19(23)13-10-28-11-14(13)20(21)24/h5-6,8,10-11,15H,4,7,9H2,1-3H3. The van der Waals surface area contributed by atoms with E-state index in [1.807, 2.05) is 6.92 Å². The van der Waals surface area contributed by atoms with Crippen LogP contribution in [0.25, 0.3) is 0 Å². The molecular weight excluding hydrogens is 382 g/mol. The maximum Gasteiger partial charge on any atom is 0.307 e. The molecule has 2 aromatic rings. The van der Waals surface area contributed by atoms with Crippen molar-refractivity contribution in [1.29, 1.82) is 0 Å². The van der Waals surface area contributed by atoms with Gasteiger partial charge < -0.3 is 14.2 Å². The summed E-state index contributed by atoms with van der Waals surface area (Å²) in [6.45, 7) is 2.47. The second-order valence-electron chi connectivity index (χ2n) is 6.23. The molecule has 1 aromatic carbocycles. The Kier molecular flexibility index (Phi) is 5.99. The van der Waals surface area contributed by atoms with Gasteiger partial charge in [-0.2, -0.15) is 11.3 Å². The Morgan fingerprint density at radius 1 is 1.11 bits per heavy atom. The van der Waals surface area contributed by atoms with Crippen molar-refractivity contribution in [2.45, 2.75) is 25.8 Å². The van der Waals surface area contributed by atoms with Crippen molar-refractivity contribution in [2.24, 2.45) is 0 Å². The lowest BCUT2D eigenvalue weighted by Gasteiger charge is -2.26. The van der Waals surface area contributed by atoms with Crippen molar-refractivity contribution in [1.82, 2.24) is 4.90 Å². The molecule has 7 nitrogen and oxygen atoms in total. The minimum atomic E-state index is -0.806. The highest BCUT2D eigenvalue weighted by atomic mass is 32.1. The van der Waals surface area contributed by atoms with Gasteiger partial charge in [0.2, 0.25) is 0 Å². The first-order valence-corrected chi connectivity index (χ1v) is 9.77. The smallest absolute Gasteiger partial charge is 0.307 e. The molecule has 0 N–H and O–H groups in total. The van der Waals surface area contributed by atoms with Crippen LogP contribution < -0.4 is 9.47 Å². The number of methoxy groups -OCH3 is 2. The number of benzene rings is 1. The number of thiophene rings is 1. The molecule has 0 saturated heterocycles. The van der Waals surface area contributed by atoms with Gasteiger partial charge in [0.25, 0.3) is 11.8 Å². The zero-order valence-corrected chi connectivity index (χ0v) is 16.7. The van der Waals surface area contributed by atoms with Gasteiger partial charge in [-0.15, -0.1) is 0 Å². The molecule has 0 spiro atoms. The number of imide groups is 1. The van der Waals surface area contributed by atoms with Crippen LogP contribution in [0.2, 0.25) is 0 Å². The van der Waals surface area contributed by atoms with Crippen molar-refractivity contribution in [2.75, 3.05) is 20.8 Å². The van der Waals surface area contributed by atoms with Crippen LogP contribution in [0.15, 0.2) is 29.0 Å². The fraction of sp³-hybridized carbons (Fsp3) is 0.350. The summed E-state index contributed by atoms with van der Waals surface area (Å²) in [6.07, 6.45) is 0.656. The molecule has 1 atom stereocenters. The van der Waals surface area contributed by atoms with Gasteiger partial charge in [-0.25, -0.2) is 0 Å². The maximum atomic E-state index is 12.8. The summed E-state index contributed by atoms with van der Waals surface area (Å²) in [5.74, 6) is -0.326. The number of carbonyl (C=O) groups is 3. The molecule has 0 saturated carbocycles. The Labute approximate surface area is 166 Å². The molecule has 2 heterocycles. The molecule has 0 fully saturated rings. The third kappa shape index (κ3) is 3.60. The van der Waals surface area contributed by atoms with Crippen LogP contribution in [0.4, 0.5) is 0 Å². The van der Waals surface area contributed by atoms with Crippen molar-refractivity contribution in [3.8, 4) is 11.5 Å². The van der Waals surface area contributed by atoms with E-state index in [1.54, 1.807) is 29.0 Å². The van der Waals surface area contributed by atoms with Gasteiger partial charge in [-0.3, -0.25) is 19.3 Å². The van der Waals surface area contributed by atoms with Crippen molar-refractivity contribution < 1.29 is 28.6 Å². The molecule has 0 aliphatic carbocycles. The highest BCUT2D eigenvalue weighted by Crippen LogP contribution is 2.38. The average molecular weight is 403 g/mol. The highest BCUT2D eigenvalue weighted by molar-refractivity contribution is 7.08. The molecule has 148 valence electrons. The van der Waals surface area contributed by atoms with Crippen molar-refractivity contribution >= 4 is 29.1 Å². The van der Waals surface area contributed by atoms with E-state index in [9.17, 15) is 14.4 Å². The normalized spacial score (nSPS) is 14.0. The van der Waals surface area contributed by atoms with Gasteiger partial charge in [-0.1, -0.05) is 13.0 Å². The highest BCUT2D eigenvalue weighted by Gasteiger charge is 2.42. The summed E-state index contributed by atoms with van der Waals surface area (Å²) in [6, 6.07) is 4.32. The van der Waals surface area contributed by atoms with E-state index in [0.717, 1.165) is 11.3 Å². The molecule has 1 aliphatic rings. The van der Waals surface area contributed by atoms with Crippen LogP contribution in [-0.4, -0.2) is 43.5 Å². The van der Waals surface area contributed by atoms with Gasteiger partial charge in [0.05, 0.1) is 44.4 Å². The maximum absolute atomic E-state index is 12.8. The molecule has 1 unspecified atom stereocenters. The minimum absolute atomic E-state index is 0.152. The Morgan fingerprint density at radius 2 is 1.79 bits per heavy atom. The second kappa shape index (κ2) is 8.43. The van der Waals surface area contributed by atoms with Crippen LogP contribution in [-0.2, 0) is 9.53 Å². The van der Waals surface area contributed by atoms with Gasteiger partial charge in [-0.05, 0) is 24.1 Å². The number of fused-ring (bicyclic) bond motifs is 1. The van der Waals surface area contributed by atoms with E-state index in [0.29, 0.717) is 34.8 Å². The number of ether oxygens (including phenoxy) is 3. The number of esters is 1. The van der Waals surface area contributed by atoms with Crippen LogP contribution in [0.1, 0.15) is 52.1 Å². The molecular formula is C20H21NO6S. The third-order valence-corrected chi connectivity index (χ3v) is 5.24. The lowest BCUT2D eigenvalue weighted by Crippen LogP contribution is -2.35. The SMILES string of the molecule is CCCOc1cc(C(CC(=O)OC)N2C(=O)c3cscc3C2=O)ccc1OC. The Hall–Kier alpha value is -2.87. The summed E-state index contributed by atoms with van der Waals surface area (Å²) >= 11 is 1.30. The number of rotatable bonds is 8. The molecule has 3 rings (SSSR count). The summed E-state index contributed by atoms with van der Waals surface area (Å²) in [5, 5.41) is 3.29. The summed E-state index contributed by atoms with van der Waals surface area (Å²) in [7, 11) is 2.80. The molecule has 2 amide bonds. The van der Waals surface area contributed by atoms with Gasteiger partial charge in [0, 0.05) is 10.8 Å². The molecule has 1 aliphatic heterocycles. The predicted molar refractivity (Wildman–Crippen MR) is 103 cm³/mol. The lowest BCUT2D eigenvalue weighted by atomic mass is 10.0. The summed E-state index contributed by atoms with van der Waals surface area (Å²) in [4.78, 5) is 38.8. The van der Waals surface area contributed by atoms with Gasteiger partial charge >= 0.3 is 5.97 Å². The van der Waals surface area contributed by atoms with E-state index in [2.05, 4.69) is 0 Å². The lowest BCUT2D eigenvalue weighted by molar-refractivity contribution is -0.141. The predicted octanol–water partition coefficient (Wildman–Crippen LogP) is 3.45. The fourth-order valence-corrected chi connectivity index (χ4v) is 3.88. The van der Waals surface area contributed by atoms with E-state index in [-0.39, 0.29) is 6.42 Å². The molecule has 1 aromatic heterocycles. The van der Waals surface area contributed by atoms with Crippen LogP contribution in [0.5, 0.6) is 11.5 Å². The van der Waals surface area contributed by atoms with Crippen molar-refractivity contribution in [3.05, 3.63) is 45.6 Å². The van der Waals surface area contributed by atoms with E-state index < -0.39 is 23.8 Å². The number of amides is 2. The summed E-state index contributed by atoms with van der Waals surface area (Å²) in [5.41, 5.74) is 1.31. The fourth-order valence-electron chi connectivity index (χ4n) is 3.09. The van der Waals surface area contributed by atoms with Crippen LogP contribution >= 0.6 is 11.3 Å². The Balaban J connectivity index is 2.01. The summed E-state index contributed by atoms with van der Waals surface area (Å²) < 4.78 is 15.8. The monoisotopic (exact) mass is 403 g/mol. The third-order valence-electron chi connectivity index (χ3n) is 4.49. The molecule has 0 radical (unpaired) electrons. The van der Waals surface area contributed by atoms with E-state index >= 15 is 0 Å². The topological polar surface area (TPSA) is 82.1 Å². The quantitative estimate of drug-likeness (QED) is 0.496.